The van der Waals surface area contributed by atoms with Crippen molar-refractivity contribution in [2.45, 2.75) is 34.6 Å². The van der Waals surface area contributed by atoms with Gasteiger partial charge in [0.2, 0.25) is 0 Å². The van der Waals surface area contributed by atoms with E-state index >= 15 is 0 Å². The van der Waals surface area contributed by atoms with E-state index in [4.69, 9.17) is 5.73 Å². The molecule has 0 radical (unpaired) electrons. The van der Waals surface area contributed by atoms with Gasteiger partial charge in [0.1, 0.15) is 0 Å². The molecular weight excluding hydrogens is 647 g/mol. The number of benzene rings is 6. The van der Waals surface area contributed by atoms with Gasteiger partial charge in [0, 0.05) is 5.69 Å². The Bertz CT molecular complexity index is 2410. The molecule has 0 atom stereocenters. The summed E-state index contributed by atoms with van der Waals surface area (Å²) in [4.78, 5) is 56.9. The van der Waals surface area contributed by atoms with E-state index in [-0.39, 0.29) is 23.6 Å². The van der Waals surface area contributed by atoms with Crippen molar-refractivity contribution in [1.82, 2.24) is 0 Å². The Kier molecular flexibility index (Phi) is 7.54. The van der Waals surface area contributed by atoms with E-state index in [1.807, 2.05) is 107 Å². The third-order valence-electron chi connectivity index (χ3n) is 10.3. The van der Waals surface area contributed by atoms with Gasteiger partial charge in [-0.05, 0) is 151 Å². The zero-order valence-electron chi connectivity index (χ0n) is 29.5. The molecule has 6 aromatic carbocycles. The molecule has 8 rings (SSSR count). The summed E-state index contributed by atoms with van der Waals surface area (Å²) in [6, 6.07) is 33.7. The molecular formula is C45H35N3O4. The molecule has 0 spiro atoms. The van der Waals surface area contributed by atoms with Crippen LogP contribution in [0, 0.1) is 34.6 Å². The Balaban J connectivity index is 1.05. The molecule has 4 amide bonds. The number of nitrogen functional groups attached to an aromatic ring is 1. The molecule has 2 N–H and O–H groups in total. The van der Waals surface area contributed by atoms with Crippen LogP contribution in [0.25, 0.3) is 33.4 Å². The maximum Gasteiger partial charge on any atom is 0.266 e. The van der Waals surface area contributed by atoms with E-state index in [2.05, 4.69) is 6.07 Å². The van der Waals surface area contributed by atoms with Gasteiger partial charge >= 0.3 is 0 Å². The summed E-state index contributed by atoms with van der Waals surface area (Å²) >= 11 is 0. The molecule has 0 unspecified atom stereocenters. The predicted octanol–water partition coefficient (Wildman–Crippen LogP) is 9.41. The Hall–Kier alpha value is -6.60. The third kappa shape index (κ3) is 5.12. The minimum atomic E-state index is -0.371. The lowest BCUT2D eigenvalue weighted by Gasteiger charge is -2.19. The summed E-state index contributed by atoms with van der Waals surface area (Å²) in [6.45, 7) is 9.92. The van der Waals surface area contributed by atoms with Gasteiger partial charge in [-0.1, -0.05) is 54.1 Å². The number of hydrogen-bond acceptors (Lipinski definition) is 5. The number of anilines is 3. The number of fused-ring (bicyclic) bond motifs is 2. The number of carbonyl (C=O) groups excluding carboxylic acids is 4. The number of imide groups is 2. The molecule has 254 valence electrons. The molecule has 0 aliphatic carbocycles. The van der Waals surface area contributed by atoms with Crippen molar-refractivity contribution in [2.75, 3.05) is 15.5 Å². The predicted molar refractivity (Wildman–Crippen MR) is 206 cm³/mol. The van der Waals surface area contributed by atoms with Crippen LogP contribution >= 0.6 is 0 Å². The zero-order valence-corrected chi connectivity index (χ0v) is 29.5. The molecule has 2 aliphatic heterocycles. The van der Waals surface area contributed by atoms with Gasteiger partial charge in [-0.25, -0.2) is 9.80 Å². The van der Waals surface area contributed by atoms with E-state index < -0.39 is 0 Å². The van der Waals surface area contributed by atoms with Crippen LogP contribution < -0.4 is 15.5 Å². The average Bonchev–Trinajstić information content (AvgIpc) is 3.51. The standard InChI is InChI=1S/C45H35N3O4/c1-24-6-12-34(25(2)18-24)29-7-13-38-40(22-29)44(51)47(42(38)49)32-10-16-36(27(4)20-32)37-17-11-33(21-28(37)5)48-43(50)39-14-8-30(23-41(39)45(48)52)35-15-9-31(46)19-26(35)3/h6-23H,46H2,1-5H3. The number of nitrogens with zero attached hydrogens (tertiary/aromatic N) is 2. The molecule has 0 saturated heterocycles. The summed E-state index contributed by atoms with van der Waals surface area (Å²) in [5.74, 6) is -1.44. The summed E-state index contributed by atoms with van der Waals surface area (Å²) in [5, 5.41) is 0. The fraction of sp³-hybridized carbons (Fsp3) is 0.111. The molecule has 0 bridgehead atoms. The van der Waals surface area contributed by atoms with Crippen molar-refractivity contribution >= 4 is 40.7 Å². The molecule has 0 aromatic heterocycles. The second-order valence-electron chi connectivity index (χ2n) is 13.8. The van der Waals surface area contributed by atoms with Crippen LogP contribution in [-0.2, 0) is 0 Å². The lowest BCUT2D eigenvalue weighted by Crippen LogP contribution is -2.29. The Morgan fingerprint density at radius 3 is 1.19 bits per heavy atom. The number of amides is 4. The third-order valence-corrected chi connectivity index (χ3v) is 10.3. The van der Waals surface area contributed by atoms with E-state index in [0.717, 1.165) is 61.2 Å². The lowest BCUT2D eigenvalue weighted by atomic mass is 9.95. The van der Waals surface area contributed by atoms with Gasteiger partial charge in [0.05, 0.1) is 33.6 Å². The Morgan fingerprint density at radius 1 is 0.365 bits per heavy atom. The first kappa shape index (κ1) is 32.6. The minimum absolute atomic E-state index is 0.350. The van der Waals surface area contributed by atoms with Gasteiger partial charge in [-0.15, -0.1) is 0 Å². The fourth-order valence-electron chi connectivity index (χ4n) is 7.61. The number of hydrogen-bond donors (Lipinski definition) is 1. The first-order valence-electron chi connectivity index (χ1n) is 17.1. The average molecular weight is 682 g/mol. The monoisotopic (exact) mass is 681 g/mol. The number of nitrogens with two attached hydrogens (primary N) is 1. The molecule has 7 heteroatoms. The van der Waals surface area contributed by atoms with Crippen LogP contribution in [0.1, 0.15) is 69.2 Å². The normalized spacial score (nSPS) is 13.6. The molecule has 2 aliphatic rings. The number of rotatable bonds is 5. The van der Waals surface area contributed by atoms with E-state index in [9.17, 15) is 19.2 Å². The van der Waals surface area contributed by atoms with Crippen molar-refractivity contribution in [3.8, 4) is 33.4 Å². The van der Waals surface area contributed by atoms with E-state index in [0.29, 0.717) is 39.3 Å². The SMILES string of the molecule is Cc1ccc(-c2ccc3c(c2)C(=O)N(c2ccc(-c4ccc(N5C(=O)c6ccc(-c7ccc(N)cc7C)cc6C5=O)cc4C)c(C)c2)C3=O)c(C)c1. The number of aryl methyl sites for hydroxylation is 5. The number of carbonyl (C=O) groups is 4. The summed E-state index contributed by atoms with van der Waals surface area (Å²) in [7, 11) is 0. The summed E-state index contributed by atoms with van der Waals surface area (Å²) < 4.78 is 0. The molecule has 7 nitrogen and oxygen atoms in total. The Morgan fingerprint density at radius 2 is 0.750 bits per heavy atom. The first-order valence-corrected chi connectivity index (χ1v) is 17.1. The van der Waals surface area contributed by atoms with Crippen LogP contribution in [-0.4, -0.2) is 23.6 Å². The first-order chi connectivity index (χ1) is 24.9. The summed E-state index contributed by atoms with van der Waals surface area (Å²) in [5.41, 5.74) is 19.6. The van der Waals surface area contributed by atoms with Crippen molar-refractivity contribution in [3.63, 3.8) is 0 Å². The highest BCUT2D eigenvalue weighted by atomic mass is 16.2. The Labute approximate surface area is 301 Å². The van der Waals surface area contributed by atoms with Gasteiger partial charge in [0.15, 0.2) is 0 Å². The maximum absolute atomic E-state index is 13.7. The van der Waals surface area contributed by atoms with Gasteiger partial charge in [0.25, 0.3) is 23.6 Å². The minimum Gasteiger partial charge on any atom is -0.399 e. The second-order valence-corrected chi connectivity index (χ2v) is 13.8. The highest BCUT2D eigenvalue weighted by molar-refractivity contribution is 6.35. The van der Waals surface area contributed by atoms with Crippen LogP contribution in [0.2, 0.25) is 0 Å². The zero-order chi connectivity index (χ0) is 36.6. The fourth-order valence-corrected chi connectivity index (χ4v) is 7.61. The molecule has 0 saturated carbocycles. The molecule has 6 aromatic rings. The van der Waals surface area contributed by atoms with Crippen molar-refractivity contribution in [2.24, 2.45) is 0 Å². The van der Waals surface area contributed by atoms with E-state index in [1.165, 1.54) is 9.80 Å². The molecule has 52 heavy (non-hydrogen) atoms. The van der Waals surface area contributed by atoms with Crippen molar-refractivity contribution in [3.05, 3.63) is 159 Å². The van der Waals surface area contributed by atoms with Crippen LogP contribution in [0.15, 0.2) is 109 Å². The molecule has 0 fully saturated rings. The van der Waals surface area contributed by atoms with E-state index in [1.54, 1.807) is 30.3 Å². The second kappa shape index (κ2) is 12.0. The van der Waals surface area contributed by atoms with Crippen LogP contribution in [0.4, 0.5) is 17.1 Å². The largest absolute Gasteiger partial charge is 0.399 e. The highest BCUT2D eigenvalue weighted by Gasteiger charge is 2.38. The van der Waals surface area contributed by atoms with Crippen LogP contribution in [0.5, 0.6) is 0 Å². The lowest BCUT2D eigenvalue weighted by molar-refractivity contribution is 0.0910. The maximum atomic E-state index is 13.7. The summed E-state index contributed by atoms with van der Waals surface area (Å²) in [6.07, 6.45) is 0. The van der Waals surface area contributed by atoms with Crippen molar-refractivity contribution < 1.29 is 19.2 Å². The molecule has 2 heterocycles. The topological polar surface area (TPSA) is 101 Å². The van der Waals surface area contributed by atoms with Gasteiger partial charge < -0.3 is 5.73 Å². The smallest absolute Gasteiger partial charge is 0.266 e. The quantitative estimate of drug-likeness (QED) is 0.144. The van der Waals surface area contributed by atoms with Crippen LogP contribution in [0.3, 0.4) is 0 Å². The van der Waals surface area contributed by atoms with Gasteiger partial charge in [-0.3, -0.25) is 19.2 Å². The van der Waals surface area contributed by atoms with Crippen molar-refractivity contribution in [1.29, 1.82) is 0 Å². The highest BCUT2D eigenvalue weighted by Crippen LogP contribution is 2.38. The van der Waals surface area contributed by atoms with Gasteiger partial charge in [-0.2, -0.15) is 0 Å².